The number of H-pyrrole nitrogens is 1. The highest BCUT2D eigenvalue weighted by molar-refractivity contribution is 5.95. The number of aliphatic carboxylic acids is 1. The van der Waals surface area contributed by atoms with Gasteiger partial charge in [0.05, 0.1) is 0 Å². The lowest BCUT2D eigenvalue weighted by molar-refractivity contribution is -0.141. The summed E-state index contributed by atoms with van der Waals surface area (Å²) in [6, 6.07) is 9.99. The van der Waals surface area contributed by atoms with Gasteiger partial charge in [0.15, 0.2) is 0 Å². The number of amides is 1. The SMILES string of the molecule is CN(C(=O)c1cc(C(C)(C)C)[nH]n1)C(Cc1ccccc1)C(=O)O. The molecule has 2 N–H and O–H groups in total. The molecule has 6 heteroatoms. The molecule has 0 saturated carbocycles. The second-order valence-electron chi connectivity index (χ2n) is 6.88. The number of carbonyl (C=O) groups excluding carboxylic acids is 1. The first-order valence-corrected chi connectivity index (χ1v) is 7.80. The summed E-state index contributed by atoms with van der Waals surface area (Å²) in [6.45, 7) is 6.02. The molecule has 1 aromatic carbocycles. The molecule has 0 aliphatic carbocycles. The van der Waals surface area contributed by atoms with Gasteiger partial charge in [0.25, 0.3) is 5.91 Å². The summed E-state index contributed by atoms with van der Waals surface area (Å²) in [5.74, 6) is -1.45. The van der Waals surface area contributed by atoms with Crippen LogP contribution in [0.4, 0.5) is 0 Å². The van der Waals surface area contributed by atoms with E-state index < -0.39 is 17.9 Å². The van der Waals surface area contributed by atoms with Gasteiger partial charge in [-0.05, 0) is 11.6 Å². The van der Waals surface area contributed by atoms with Crippen LogP contribution >= 0.6 is 0 Å². The summed E-state index contributed by atoms with van der Waals surface area (Å²) in [6.07, 6.45) is 0.245. The Morgan fingerprint density at radius 1 is 1.25 bits per heavy atom. The fourth-order valence-corrected chi connectivity index (χ4v) is 2.36. The summed E-state index contributed by atoms with van der Waals surface area (Å²) in [5, 5.41) is 16.4. The molecular formula is C18H23N3O3. The van der Waals surface area contributed by atoms with Crippen molar-refractivity contribution in [3.05, 3.63) is 53.3 Å². The minimum Gasteiger partial charge on any atom is -0.480 e. The lowest BCUT2D eigenvalue weighted by Crippen LogP contribution is -2.44. The summed E-state index contributed by atoms with van der Waals surface area (Å²) < 4.78 is 0. The van der Waals surface area contributed by atoms with Crippen molar-refractivity contribution in [1.29, 1.82) is 0 Å². The van der Waals surface area contributed by atoms with Gasteiger partial charge in [-0.1, -0.05) is 51.1 Å². The minimum absolute atomic E-state index is 0.166. The van der Waals surface area contributed by atoms with Crippen LogP contribution in [0.2, 0.25) is 0 Å². The number of carboxylic acid groups (broad SMARTS) is 1. The van der Waals surface area contributed by atoms with Crippen LogP contribution in [-0.2, 0) is 16.6 Å². The third-order valence-corrected chi connectivity index (χ3v) is 3.95. The second-order valence-corrected chi connectivity index (χ2v) is 6.88. The molecule has 1 aromatic heterocycles. The van der Waals surface area contributed by atoms with E-state index in [1.54, 1.807) is 6.07 Å². The van der Waals surface area contributed by atoms with E-state index in [1.165, 1.54) is 11.9 Å². The van der Waals surface area contributed by atoms with Crippen LogP contribution in [0.1, 0.15) is 42.5 Å². The van der Waals surface area contributed by atoms with Gasteiger partial charge < -0.3 is 10.0 Å². The number of hydrogen-bond acceptors (Lipinski definition) is 3. The van der Waals surface area contributed by atoms with E-state index in [0.29, 0.717) is 0 Å². The second kappa shape index (κ2) is 6.86. The van der Waals surface area contributed by atoms with Crippen molar-refractivity contribution in [2.24, 2.45) is 0 Å². The van der Waals surface area contributed by atoms with Crippen LogP contribution in [0.15, 0.2) is 36.4 Å². The number of hydrogen-bond donors (Lipinski definition) is 2. The fourth-order valence-electron chi connectivity index (χ4n) is 2.36. The smallest absolute Gasteiger partial charge is 0.326 e. The zero-order valence-corrected chi connectivity index (χ0v) is 14.4. The molecular weight excluding hydrogens is 306 g/mol. The van der Waals surface area contributed by atoms with Gasteiger partial charge >= 0.3 is 5.97 Å². The molecule has 2 aromatic rings. The molecule has 0 bridgehead atoms. The molecule has 2 rings (SSSR count). The Balaban J connectivity index is 2.20. The number of likely N-dealkylation sites (N-methyl/N-ethyl adjacent to an activating group) is 1. The monoisotopic (exact) mass is 329 g/mol. The minimum atomic E-state index is -1.04. The number of carbonyl (C=O) groups is 2. The largest absolute Gasteiger partial charge is 0.480 e. The standard InChI is InChI=1S/C18H23N3O3/c1-18(2,3)15-11-13(19-20-15)16(22)21(4)14(17(23)24)10-12-8-6-5-7-9-12/h5-9,11,14H,10H2,1-4H3,(H,19,20)(H,23,24). The van der Waals surface area contributed by atoms with Gasteiger partial charge in [-0.25, -0.2) is 4.79 Å². The lowest BCUT2D eigenvalue weighted by atomic mass is 9.92. The lowest BCUT2D eigenvalue weighted by Gasteiger charge is -2.24. The van der Waals surface area contributed by atoms with E-state index in [0.717, 1.165) is 11.3 Å². The molecule has 0 aliphatic rings. The van der Waals surface area contributed by atoms with Gasteiger partial charge in [0, 0.05) is 24.6 Å². The predicted molar refractivity (Wildman–Crippen MR) is 91.0 cm³/mol. The van der Waals surface area contributed by atoms with Crippen molar-refractivity contribution in [2.45, 2.75) is 38.6 Å². The highest BCUT2D eigenvalue weighted by atomic mass is 16.4. The molecule has 0 spiro atoms. The molecule has 0 aliphatic heterocycles. The van der Waals surface area contributed by atoms with Crippen LogP contribution in [0.5, 0.6) is 0 Å². The molecule has 0 fully saturated rings. The van der Waals surface area contributed by atoms with E-state index in [-0.39, 0.29) is 17.5 Å². The number of nitrogens with zero attached hydrogens (tertiary/aromatic N) is 2. The third kappa shape index (κ3) is 4.01. The van der Waals surface area contributed by atoms with Gasteiger partial charge in [-0.2, -0.15) is 5.10 Å². The summed E-state index contributed by atoms with van der Waals surface area (Å²) in [4.78, 5) is 25.5. The Morgan fingerprint density at radius 2 is 1.88 bits per heavy atom. The maximum absolute atomic E-state index is 12.6. The van der Waals surface area contributed by atoms with E-state index in [9.17, 15) is 14.7 Å². The van der Waals surface area contributed by atoms with Crippen molar-refractivity contribution in [1.82, 2.24) is 15.1 Å². The Labute approximate surface area is 141 Å². The highest BCUT2D eigenvalue weighted by Crippen LogP contribution is 2.21. The van der Waals surface area contributed by atoms with Gasteiger partial charge in [0.2, 0.25) is 0 Å². The number of rotatable bonds is 5. The van der Waals surface area contributed by atoms with E-state index in [4.69, 9.17) is 0 Å². The Kier molecular flexibility index (Phi) is 5.07. The number of nitrogens with one attached hydrogen (secondary N) is 1. The summed E-state index contributed by atoms with van der Waals surface area (Å²) in [7, 11) is 1.50. The van der Waals surface area contributed by atoms with Crippen LogP contribution in [0.3, 0.4) is 0 Å². The number of benzene rings is 1. The summed E-state index contributed by atoms with van der Waals surface area (Å²) >= 11 is 0. The van der Waals surface area contributed by atoms with Crippen LogP contribution in [0, 0.1) is 0 Å². The molecule has 1 unspecified atom stereocenters. The van der Waals surface area contributed by atoms with Crippen molar-refractivity contribution in [3.63, 3.8) is 0 Å². The normalized spacial score (nSPS) is 12.7. The Morgan fingerprint density at radius 3 is 2.38 bits per heavy atom. The third-order valence-electron chi connectivity index (χ3n) is 3.95. The predicted octanol–water partition coefficient (Wildman–Crippen LogP) is 2.48. The van der Waals surface area contributed by atoms with Crippen molar-refractivity contribution < 1.29 is 14.7 Å². The first-order valence-electron chi connectivity index (χ1n) is 7.80. The Bertz CT molecular complexity index is 717. The van der Waals surface area contributed by atoms with Gasteiger partial charge in [-0.3, -0.25) is 9.89 Å². The topological polar surface area (TPSA) is 86.3 Å². The van der Waals surface area contributed by atoms with Crippen molar-refractivity contribution >= 4 is 11.9 Å². The molecule has 6 nitrogen and oxygen atoms in total. The van der Waals surface area contributed by atoms with E-state index >= 15 is 0 Å². The maximum atomic E-state index is 12.6. The molecule has 0 radical (unpaired) electrons. The zero-order chi connectivity index (χ0) is 17.9. The zero-order valence-electron chi connectivity index (χ0n) is 14.4. The Hall–Kier alpha value is -2.63. The maximum Gasteiger partial charge on any atom is 0.326 e. The summed E-state index contributed by atoms with van der Waals surface area (Å²) in [5.41, 5.74) is 1.75. The molecule has 1 amide bonds. The van der Waals surface area contributed by atoms with Crippen molar-refractivity contribution in [3.8, 4) is 0 Å². The quantitative estimate of drug-likeness (QED) is 0.882. The number of carboxylic acids is 1. The highest BCUT2D eigenvalue weighted by Gasteiger charge is 2.29. The molecule has 128 valence electrons. The first kappa shape index (κ1) is 17.7. The van der Waals surface area contributed by atoms with Crippen LogP contribution < -0.4 is 0 Å². The van der Waals surface area contributed by atoms with Gasteiger partial charge in [-0.15, -0.1) is 0 Å². The molecule has 0 saturated heterocycles. The fraction of sp³-hybridized carbons (Fsp3) is 0.389. The molecule has 24 heavy (non-hydrogen) atoms. The molecule has 1 atom stereocenters. The average molecular weight is 329 g/mol. The van der Waals surface area contributed by atoms with Crippen molar-refractivity contribution in [2.75, 3.05) is 7.05 Å². The van der Waals surface area contributed by atoms with E-state index in [2.05, 4.69) is 10.2 Å². The number of aromatic nitrogens is 2. The first-order chi connectivity index (χ1) is 11.2. The average Bonchev–Trinajstić information content (AvgIpc) is 3.02. The van der Waals surface area contributed by atoms with Crippen LogP contribution in [0.25, 0.3) is 0 Å². The number of aromatic amines is 1. The van der Waals surface area contributed by atoms with Gasteiger partial charge in [0.1, 0.15) is 11.7 Å². The van der Waals surface area contributed by atoms with Crippen LogP contribution in [-0.4, -0.2) is 45.2 Å². The van der Waals surface area contributed by atoms with E-state index in [1.807, 2.05) is 51.1 Å². The molecule has 1 heterocycles.